The molecule has 36 valence electrons. The summed E-state index contributed by atoms with van der Waals surface area (Å²) in [7, 11) is -0.0328. The van der Waals surface area contributed by atoms with E-state index in [-0.39, 0.29) is 20.3 Å². The quantitative estimate of drug-likeness (QED) is 0.335. The van der Waals surface area contributed by atoms with Crippen molar-refractivity contribution in [1.29, 1.82) is 0 Å². The van der Waals surface area contributed by atoms with Crippen molar-refractivity contribution >= 4 is 7.92 Å². The monoisotopic (exact) mass is 125 g/mol. The first-order valence-electron chi connectivity index (χ1n) is 1.26. The topological polar surface area (TPSA) is 44.7 Å². The van der Waals surface area contributed by atoms with E-state index in [1.165, 1.54) is 0 Å². The molecular formula is C2H5ClNOP. The third kappa shape index (κ3) is 8.86. The molecule has 0 unspecified atom stereocenters. The fourth-order valence-electron chi connectivity index (χ4n) is 0.0456. The summed E-state index contributed by atoms with van der Waals surface area (Å²) in [4.78, 5) is 0. The summed E-state index contributed by atoms with van der Waals surface area (Å²) < 4.78 is 9.35. The predicted molar refractivity (Wildman–Crippen MR) is 19.2 cm³/mol. The molecule has 0 radical (unpaired) electrons. The van der Waals surface area contributed by atoms with Gasteiger partial charge in [-0.05, 0) is 0 Å². The van der Waals surface area contributed by atoms with Crippen LogP contribution in [-0.2, 0) is 4.57 Å². The molecule has 0 atom stereocenters. The first kappa shape index (κ1) is 9.54. The van der Waals surface area contributed by atoms with Gasteiger partial charge in [0.05, 0.1) is 0 Å². The van der Waals surface area contributed by atoms with E-state index in [0.717, 1.165) is 0 Å². The molecule has 0 aliphatic rings. The number of quaternary nitrogens is 1. The Balaban J connectivity index is 0. The molecule has 0 aromatic rings. The normalized spacial score (nSPS) is 4.83. The van der Waals surface area contributed by atoms with Crippen molar-refractivity contribution in [2.24, 2.45) is 0 Å². The maximum absolute atomic E-state index is 9.35. The molecule has 4 heteroatoms. The molecule has 2 nitrogen and oxygen atoms in total. The van der Waals surface area contributed by atoms with Crippen LogP contribution in [0, 0.1) is 5.63 Å². The Hall–Kier alpha value is 0.260. The number of hydrogen-bond acceptors (Lipinski definition) is 1. The third-order valence-corrected chi connectivity index (χ3v) is 0.529. The minimum absolute atomic E-state index is 0. The van der Waals surface area contributed by atoms with Gasteiger partial charge < -0.3 is 12.4 Å². The third-order valence-electron chi connectivity index (χ3n) is 0.176. The summed E-state index contributed by atoms with van der Waals surface area (Å²) in [6.45, 7) is 0.519. The van der Waals surface area contributed by atoms with E-state index in [1.54, 1.807) is 0 Å². The summed E-state index contributed by atoms with van der Waals surface area (Å²) in [6, 6.07) is 0. The predicted octanol–water partition coefficient (Wildman–Crippen LogP) is -3.52. The van der Waals surface area contributed by atoms with E-state index in [9.17, 15) is 4.57 Å². The van der Waals surface area contributed by atoms with Crippen molar-refractivity contribution < 1.29 is 22.7 Å². The number of halogens is 1. The van der Waals surface area contributed by atoms with Crippen LogP contribution in [-0.4, -0.2) is 6.54 Å². The summed E-state index contributed by atoms with van der Waals surface area (Å²) in [5.74, 6) is 0. The van der Waals surface area contributed by atoms with E-state index >= 15 is 0 Å². The average molecular weight is 125 g/mol. The number of rotatable bonds is 0. The van der Waals surface area contributed by atoms with Crippen LogP contribution in [0.4, 0.5) is 0 Å². The van der Waals surface area contributed by atoms with Gasteiger partial charge in [-0.3, -0.25) is 0 Å². The second kappa shape index (κ2) is 8.98. The van der Waals surface area contributed by atoms with Crippen molar-refractivity contribution in [1.82, 2.24) is 0 Å². The van der Waals surface area contributed by atoms with Crippen LogP contribution >= 0.6 is 7.92 Å². The van der Waals surface area contributed by atoms with Gasteiger partial charge in [0.25, 0.3) is 0 Å². The van der Waals surface area contributed by atoms with Crippen LogP contribution in [0.15, 0.2) is 0 Å². The zero-order valence-corrected chi connectivity index (χ0v) is 4.80. The molecule has 0 saturated heterocycles. The molecular weight excluding hydrogens is 120 g/mol. The van der Waals surface area contributed by atoms with Crippen LogP contribution in [0.3, 0.4) is 0 Å². The minimum atomic E-state index is -0.0328. The van der Waals surface area contributed by atoms with Crippen LogP contribution in [0.5, 0.6) is 0 Å². The Morgan fingerprint density at radius 2 is 2.33 bits per heavy atom. The van der Waals surface area contributed by atoms with Crippen molar-refractivity contribution in [3.8, 4) is 5.63 Å². The molecule has 0 rings (SSSR count). The molecule has 0 bridgehead atoms. The zero-order chi connectivity index (χ0) is 4.12. The van der Waals surface area contributed by atoms with Gasteiger partial charge in [0.1, 0.15) is 0 Å². The van der Waals surface area contributed by atoms with Gasteiger partial charge in [-0.1, -0.05) is 0 Å². The first-order chi connectivity index (χ1) is 2.41. The van der Waals surface area contributed by atoms with Gasteiger partial charge in [-0.2, -0.15) is 0 Å². The Labute approximate surface area is 43.6 Å². The van der Waals surface area contributed by atoms with E-state index in [4.69, 9.17) is 0 Å². The van der Waals surface area contributed by atoms with E-state index in [1.807, 2.05) is 0 Å². The van der Waals surface area contributed by atoms with Gasteiger partial charge in [0, 0.05) is 0 Å². The van der Waals surface area contributed by atoms with Crippen LogP contribution in [0.2, 0.25) is 0 Å². The van der Waals surface area contributed by atoms with E-state index in [2.05, 4.69) is 11.4 Å². The molecule has 6 heavy (non-hydrogen) atoms. The zero-order valence-electron chi connectivity index (χ0n) is 3.15. The summed E-state index contributed by atoms with van der Waals surface area (Å²) >= 11 is 0. The molecule has 3 N–H and O–H groups in total. The molecule has 0 spiro atoms. The summed E-state index contributed by atoms with van der Waals surface area (Å²) in [5, 5.41) is 0. The molecule has 0 aliphatic carbocycles. The van der Waals surface area contributed by atoms with Crippen molar-refractivity contribution in [2.75, 3.05) is 6.54 Å². The second-order valence-electron chi connectivity index (χ2n) is 0.499. The van der Waals surface area contributed by atoms with Gasteiger partial charge >= 0.3 is 30.4 Å². The molecule has 0 amide bonds. The average Bonchev–Trinajstić information content (AvgIpc) is 1.41. The molecule has 0 aromatic carbocycles. The van der Waals surface area contributed by atoms with Crippen molar-refractivity contribution in [3.63, 3.8) is 0 Å². The van der Waals surface area contributed by atoms with E-state index < -0.39 is 0 Å². The molecule has 0 aromatic heterocycles. The summed E-state index contributed by atoms with van der Waals surface area (Å²) in [6.07, 6.45) is 0. The Bertz CT molecular complexity index is 95.1. The fraction of sp³-hybridized carbons (Fsp3) is 0.500. The maximum atomic E-state index is 9.35. The summed E-state index contributed by atoms with van der Waals surface area (Å²) in [5.41, 5.74) is 5.77. The second-order valence-corrected chi connectivity index (χ2v) is 0.998. The van der Waals surface area contributed by atoms with Crippen LogP contribution in [0.1, 0.15) is 0 Å². The fourth-order valence-corrected chi connectivity index (χ4v) is 0.137. The Morgan fingerprint density at radius 3 is 2.33 bits per heavy atom. The van der Waals surface area contributed by atoms with Crippen LogP contribution < -0.4 is 18.1 Å². The van der Waals surface area contributed by atoms with Gasteiger partial charge in [0.15, 0.2) is 0 Å². The molecule has 0 aliphatic heterocycles. The van der Waals surface area contributed by atoms with Gasteiger partial charge in [-0.15, -0.1) is 0 Å². The molecule has 0 saturated carbocycles. The van der Waals surface area contributed by atoms with Gasteiger partial charge in [0.2, 0.25) is 0 Å². The van der Waals surface area contributed by atoms with Crippen molar-refractivity contribution in [2.45, 2.75) is 0 Å². The standard InChI is InChI=1S/C2H4NOP.ClH/c3-1-2-5-4;/h1,3H2;1H. The van der Waals surface area contributed by atoms with Crippen molar-refractivity contribution in [3.05, 3.63) is 0 Å². The molecule has 0 fully saturated rings. The Kier molecular flexibility index (Phi) is 14.3. The Morgan fingerprint density at radius 1 is 1.83 bits per heavy atom. The van der Waals surface area contributed by atoms with Crippen LogP contribution in [0.25, 0.3) is 0 Å². The SMILES string of the molecule is [Cl-].[NH3+]CC#P=O. The molecule has 0 heterocycles. The van der Waals surface area contributed by atoms with E-state index in [0.29, 0.717) is 6.54 Å². The van der Waals surface area contributed by atoms with Gasteiger partial charge in [-0.25, -0.2) is 0 Å². The number of hydrogen-bond donors (Lipinski definition) is 1. The first-order valence-corrected chi connectivity index (χ1v) is 2.07.